The van der Waals surface area contributed by atoms with Gasteiger partial charge in [-0.3, -0.25) is 19.7 Å². The molecule has 1 aromatic rings. The number of nitrogens with one attached hydrogen (secondary N) is 1. The Morgan fingerprint density at radius 1 is 1.22 bits per heavy atom. The molecular formula is C18H20F3N3O8. The van der Waals surface area contributed by atoms with Crippen LogP contribution in [0.15, 0.2) is 18.2 Å². The topological polar surface area (TPSA) is 137 Å². The number of amides is 2. The van der Waals surface area contributed by atoms with Gasteiger partial charge in [-0.2, -0.15) is 13.2 Å². The number of likely N-dealkylation sites (tertiary alicyclic amines) is 1. The number of benzene rings is 1. The smallest absolute Gasteiger partial charge is 0.422 e. The van der Waals surface area contributed by atoms with Gasteiger partial charge < -0.3 is 24.4 Å². The number of esters is 1. The van der Waals surface area contributed by atoms with Gasteiger partial charge in [0.2, 0.25) is 0 Å². The SMILES string of the molecule is COc1cc([N+](=O)[O-])ccc1NC(=O)COC(=O)C1CCN(C(=O)OCC(F)(F)F)CC1. The lowest BCUT2D eigenvalue weighted by atomic mass is 9.97. The molecule has 0 aliphatic carbocycles. The highest BCUT2D eigenvalue weighted by Crippen LogP contribution is 2.29. The van der Waals surface area contributed by atoms with Crippen LogP contribution in [0.2, 0.25) is 0 Å². The fourth-order valence-corrected chi connectivity index (χ4v) is 2.87. The van der Waals surface area contributed by atoms with Crippen molar-refractivity contribution in [2.75, 3.05) is 38.7 Å². The molecule has 0 aromatic heterocycles. The second-order valence-corrected chi connectivity index (χ2v) is 6.73. The number of nitro benzene ring substituents is 1. The summed E-state index contributed by atoms with van der Waals surface area (Å²) in [7, 11) is 1.26. The summed E-state index contributed by atoms with van der Waals surface area (Å²) in [5, 5.41) is 13.2. The number of carbonyl (C=O) groups is 3. The zero-order valence-electron chi connectivity index (χ0n) is 16.8. The van der Waals surface area contributed by atoms with Crippen LogP contribution in [0.4, 0.5) is 29.3 Å². The Morgan fingerprint density at radius 3 is 2.44 bits per heavy atom. The monoisotopic (exact) mass is 463 g/mol. The van der Waals surface area contributed by atoms with E-state index >= 15 is 0 Å². The number of carbonyl (C=O) groups excluding carboxylic acids is 3. The lowest BCUT2D eigenvalue weighted by Gasteiger charge is -2.30. The lowest BCUT2D eigenvalue weighted by Crippen LogP contribution is -2.42. The van der Waals surface area contributed by atoms with Crippen LogP contribution in [0.5, 0.6) is 5.75 Å². The van der Waals surface area contributed by atoms with E-state index in [2.05, 4.69) is 10.1 Å². The van der Waals surface area contributed by atoms with Crippen LogP contribution in [0.25, 0.3) is 0 Å². The van der Waals surface area contributed by atoms with Gasteiger partial charge in [-0.25, -0.2) is 4.79 Å². The molecule has 176 valence electrons. The van der Waals surface area contributed by atoms with E-state index in [0.717, 1.165) is 17.0 Å². The third-order valence-electron chi connectivity index (χ3n) is 4.46. The Balaban J connectivity index is 1.78. The zero-order chi connectivity index (χ0) is 23.9. The number of piperidine rings is 1. The number of rotatable bonds is 7. The Hall–Kier alpha value is -3.58. The summed E-state index contributed by atoms with van der Waals surface area (Å²) in [5.74, 6) is -2.00. The first-order valence-electron chi connectivity index (χ1n) is 9.27. The number of hydrogen-bond donors (Lipinski definition) is 1. The molecule has 0 atom stereocenters. The summed E-state index contributed by atoms with van der Waals surface area (Å²) in [5.41, 5.74) is -0.0928. The molecule has 1 fully saturated rings. The number of ether oxygens (including phenoxy) is 3. The van der Waals surface area contributed by atoms with Gasteiger partial charge in [0.15, 0.2) is 13.2 Å². The van der Waals surface area contributed by atoms with Crippen molar-refractivity contribution in [2.45, 2.75) is 19.0 Å². The minimum atomic E-state index is -4.63. The molecule has 32 heavy (non-hydrogen) atoms. The van der Waals surface area contributed by atoms with Crippen molar-refractivity contribution in [3.8, 4) is 5.75 Å². The number of anilines is 1. The highest BCUT2D eigenvalue weighted by atomic mass is 19.4. The Bertz CT molecular complexity index is 870. The number of nitro groups is 1. The van der Waals surface area contributed by atoms with Crippen molar-refractivity contribution >= 4 is 29.3 Å². The summed E-state index contributed by atoms with van der Waals surface area (Å²) in [6, 6.07) is 3.55. The van der Waals surface area contributed by atoms with Gasteiger partial charge in [0, 0.05) is 19.2 Å². The minimum absolute atomic E-state index is 0.00263. The first-order valence-corrected chi connectivity index (χ1v) is 9.27. The molecule has 1 heterocycles. The van der Waals surface area contributed by atoms with Crippen LogP contribution in [0.3, 0.4) is 0 Å². The second-order valence-electron chi connectivity index (χ2n) is 6.73. The lowest BCUT2D eigenvalue weighted by molar-refractivity contribution is -0.384. The first kappa shape index (κ1) is 24.7. The Labute approximate surface area is 179 Å². The third-order valence-corrected chi connectivity index (χ3v) is 4.46. The van der Waals surface area contributed by atoms with Gasteiger partial charge in [0.25, 0.3) is 11.6 Å². The van der Waals surface area contributed by atoms with E-state index in [-0.39, 0.29) is 43.1 Å². The second kappa shape index (κ2) is 10.6. The molecule has 11 nitrogen and oxygen atoms in total. The predicted octanol–water partition coefficient (Wildman–Crippen LogP) is 2.50. The fraction of sp³-hybridized carbons (Fsp3) is 0.500. The highest BCUT2D eigenvalue weighted by Gasteiger charge is 2.33. The van der Waals surface area contributed by atoms with E-state index in [1.807, 2.05) is 0 Å². The molecule has 0 saturated carbocycles. The molecule has 0 unspecified atom stereocenters. The van der Waals surface area contributed by atoms with Gasteiger partial charge in [-0.05, 0) is 18.9 Å². The fourth-order valence-electron chi connectivity index (χ4n) is 2.87. The average Bonchev–Trinajstić information content (AvgIpc) is 2.75. The molecule has 1 aromatic carbocycles. The van der Waals surface area contributed by atoms with Crippen LogP contribution in [-0.2, 0) is 19.1 Å². The maximum atomic E-state index is 12.1. The number of nitrogens with zero attached hydrogens (tertiary/aromatic N) is 2. The van der Waals surface area contributed by atoms with Crippen molar-refractivity contribution in [1.82, 2.24) is 4.90 Å². The van der Waals surface area contributed by atoms with Crippen LogP contribution in [-0.4, -0.2) is 67.4 Å². The van der Waals surface area contributed by atoms with Gasteiger partial charge in [0.05, 0.1) is 29.7 Å². The van der Waals surface area contributed by atoms with Crippen molar-refractivity contribution in [3.05, 3.63) is 28.3 Å². The third kappa shape index (κ3) is 7.28. The number of halogens is 3. The first-order chi connectivity index (χ1) is 15.0. The Morgan fingerprint density at radius 2 is 1.88 bits per heavy atom. The summed E-state index contributed by atoms with van der Waals surface area (Å²) < 4.78 is 50.4. The van der Waals surface area contributed by atoms with Crippen molar-refractivity contribution in [3.63, 3.8) is 0 Å². The molecule has 0 spiro atoms. The maximum Gasteiger partial charge on any atom is 0.422 e. The minimum Gasteiger partial charge on any atom is -0.494 e. The van der Waals surface area contributed by atoms with E-state index in [4.69, 9.17) is 9.47 Å². The molecule has 0 bridgehead atoms. The number of alkyl halides is 3. The maximum absolute atomic E-state index is 12.1. The predicted molar refractivity (Wildman–Crippen MR) is 101 cm³/mol. The summed E-state index contributed by atoms with van der Waals surface area (Å²) in [6.45, 7) is -2.32. The molecule has 1 N–H and O–H groups in total. The van der Waals surface area contributed by atoms with Crippen LogP contribution in [0.1, 0.15) is 12.8 Å². The Kier molecular flexibility index (Phi) is 8.21. The number of methoxy groups -OCH3 is 1. The summed E-state index contributed by atoms with van der Waals surface area (Å²) >= 11 is 0. The largest absolute Gasteiger partial charge is 0.494 e. The van der Waals surface area contributed by atoms with Gasteiger partial charge >= 0.3 is 18.2 Å². The molecule has 0 radical (unpaired) electrons. The van der Waals surface area contributed by atoms with E-state index in [1.165, 1.54) is 13.2 Å². The van der Waals surface area contributed by atoms with Crippen molar-refractivity contribution in [1.29, 1.82) is 0 Å². The quantitative estimate of drug-likeness (QED) is 0.370. The molecular weight excluding hydrogens is 443 g/mol. The van der Waals surface area contributed by atoms with Gasteiger partial charge in [-0.15, -0.1) is 0 Å². The van der Waals surface area contributed by atoms with E-state index in [9.17, 15) is 37.7 Å². The van der Waals surface area contributed by atoms with Crippen LogP contribution in [0, 0.1) is 16.0 Å². The van der Waals surface area contributed by atoms with Gasteiger partial charge in [0.1, 0.15) is 5.75 Å². The van der Waals surface area contributed by atoms with E-state index in [1.54, 1.807) is 0 Å². The molecule has 1 aliphatic rings. The van der Waals surface area contributed by atoms with E-state index < -0.39 is 48.2 Å². The summed E-state index contributed by atoms with van der Waals surface area (Å²) in [4.78, 5) is 47.0. The zero-order valence-corrected chi connectivity index (χ0v) is 16.8. The van der Waals surface area contributed by atoms with Gasteiger partial charge in [-0.1, -0.05) is 0 Å². The number of non-ortho nitro benzene ring substituents is 1. The normalized spacial score (nSPS) is 14.4. The van der Waals surface area contributed by atoms with Crippen LogP contribution >= 0.6 is 0 Å². The molecule has 1 saturated heterocycles. The average molecular weight is 463 g/mol. The standard InChI is InChI=1S/C18H20F3N3O8/c1-30-14-8-12(24(28)29)2-3-13(14)22-15(25)9-31-16(26)11-4-6-23(7-5-11)17(27)32-10-18(19,20)21/h2-3,8,11H,4-7,9-10H2,1H3,(H,22,25). The highest BCUT2D eigenvalue weighted by molar-refractivity contribution is 5.94. The van der Waals surface area contributed by atoms with Crippen LogP contribution < -0.4 is 10.1 Å². The molecule has 2 amide bonds. The molecule has 2 rings (SSSR count). The van der Waals surface area contributed by atoms with Crippen molar-refractivity contribution in [2.24, 2.45) is 5.92 Å². The number of hydrogen-bond acceptors (Lipinski definition) is 8. The summed E-state index contributed by atoms with van der Waals surface area (Å²) in [6.07, 6.45) is -5.47. The van der Waals surface area contributed by atoms with E-state index in [0.29, 0.717) is 0 Å². The molecule has 14 heteroatoms. The van der Waals surface area contributed by atoms with Crippen molar-refractivity contribution < 1.29 is 46.7 Å². The molecule has 1 aliphatic heterocycles.